The van der Waals surface area contributed by atoms with Gasteiger partial charge in [-0.3, -0.25) is 9.69 Å². The number of aromatic nitrogens is 3. The van der Waals surface area contributed by atoms with Crippen LogP contribution in [0.2, 0.25) is 0 Å². The first-order chi connectivity index (χ1) is 13.2. The molecule has 6 heteroatoms. The zero-order valence-electron chi connectivity index (χ0n) is 16.2. The second-order valence-electron chi connectivity index (χ2n) is 8.60. The Morgan fingerprint density at radius 3 is 2.59 bits per heavy atom. The van der Waals surface area contributed by atoms with Crippen LogP contribution in [0.5, 0.6) is 0 Å². The minimum Gasteiger partial charge on any atom is -0.335 e. The Hall–Kier alpha value is -1.95. The first-order valence-corrected chi connectivity index (χ1v) is 10.6. The van der Waals surface area contributed by atoms with E-state index in [4.69, 9.17) is 0 Å². The standard InChI is InChI=1S/C21H29N5O/c1-15-6-4-5-9-25(15)18-12-24(13-18)21(27)16-10-19-20(22-11-16)26(14-23-19)17-7-2-3-8-17/h10-11,14-15,17-18H,2-9,12-13H2,1H3. The molecular formula is C21H29N5O. The van der Waals surface area contributed by atoms with Crippen LogP contribution in [0.25, 0.3) is 11.2 Å². The summed E-state index contributed by atoms with van der Waals surface area (Å²) in [5.74, 6) is 0.0979. The Kier molecular flexibility index (Phi) is 4.38. The van der Waals surface area contributed by atoms with Crippen molar-refractivity contribution in [3.05, 3.63) is 24.2 Å². The molecule has 144 valence electrons. The SMILES string of the molecule is CC1CCCCN1C1CN(C(=O)c2cnc3c(c2)ncn3C2CCCC2)C1. The zero-order valence-corrected chi connectivity index (χ0v) is 16.2. The van der Waals surface area contributed by atoms with Crippen molar-refractivity contribution in [2.24, 2.45) is 0 Å². The smallest absolute Gasteiger partial charge is 0.255 e. The number of piperidine rings is 1. The second kappa shape index (κ2) is 6.89. The summed E-state index contributed by atoms with van der Waals surface area (Å²) < 4.78 is 2.20. The molecule has 2 saturated heterocycles. The van der Waals surface area contributed by atoms with Gasteiger partial charge in [0.2, 0.25) is 0 Å². The number of carbonyl (C=O) groups excluding carboxylic acids is 1. The molecule has 1 amide bonds. The van der Waals surface area contributed by atoms with E-state index in [0.29, 0.717) is 23.7 Å². The van der Waals surface area contributed by atoms with E-state index in [9.17, 15) is 4.79 Å². The zero-order chi connectivity index (χ0) is 18.4. The van der Waals surface area contributed by atoms with Gasteiger partial charge in [0, 0.05) is 37.4 Å². The summed E-state index contributed by atoms with van der Waals surface area (Å²) >= 11 is 0. The number of rotatable bonds is 3. The third-order valence-electron chi connectivity index (χ3n) is 6.85. The molecule has 0 bridgehead atoms. The fourth-order valence-electron chi connectivity index (χ4n) is 5.16. The van der Waals surface area contributed by atoms with Gasteiger partial charge in [0.05, 0.1) is 11.9 Å². The Morgan fingerprint density at radius 2 is 1.81 bits per heavy atom. The van der Waals surface area contributed by atoms with Crippen LogP contribution in [0.4, 0.5) is 0 Å². The molecule has 6 nitrogen and oxygen atoms in total. The molecule has 2 aliphatic heterocycles. The summed E-state index contributed by atoms with van der Waals surface area (Å²) in [6.07, 6.45) is 12.5. The van der Waals surface area contributed by atoms with Crippen LogP contribution in [0.3, 0.4) is 0 Å². The molecule has 4 heterocycles. The highest BCUT2D eigenvalue weighted by molar-refractivity contribution is 5.96. The molecule has 1 atom stereocenters. The first-order valence-electron chi connectivity index (χ1n) is 10.6. The normalized spacial score (nSPS) is 25.2. The summed E-state index contributed by atoms with van der Waals surface area (Å²) in [6, 6.07) is 3.63. The van der Waals surface area contributed by atoms with E-state index in [2.05, 4.69) is 26.4 Å². The van der Waals surface area contributed by atoms with Crippen LogP contribution < -0.4 is 0 Å². The van der Waals surface area contributed by atoms with E-state index < -0.39 is 0 Å². The predicted molar refractivity (Wildman–Crippen MR) is 105 cm³/mol. The lowest BCUT2D eigenvalue weighted by Gasteiger charge is -2.49. The largest absolute Gasteiger partial charge is 0.335 e. The highest BCUT2D eigenvalue weighted by Crippen LogP contribution is 2.32. The molecule has 0 N–H and O–H groups in total. The average Bonchev–Trinajstić information content (AvgIpc) is 3.30. The molecule has 1 aliphatic carbocycles. The monoisotopic (exact) mass is 367 g/mol. The van der Waals surface area contributed by atoms with E-state index in [0.717, 1.165) is 24.3 Å². The molecule has 2 aromatic rings. The van der Waals surface area contributed by atoms with Gasteiger partial charge in [-0.15, -0.1) is 0 Å². The van der Waals surface area contributed by atoms with Gasteiger partial charge in [-0.1, -0.05) is 19.3 Å². The van der Waals surface area contributed by atoms with Crippen molar-refractivity contribution in [1.29, 1.82) is 0 Å². The number of likely N-dealkylation sites (tertiary alicyclic amines) is 2. The van der Waals surface area contributed by atoms with Crippen LogP contribution in [0.1, 0.15) is 68.3 Å². The van der Waals surface area contributed by atoms with Gasteiger partial charge >= 0.3 is 0 Å². The van der Waals surface area contributed by atoms with Crippen molar-refractivity contribution in [3.63, 3.8) is 0 Å². The number of fused-ring (bicyclic) bond motifs is 1. The van der Waals surface area contributed by atoms with Gasteiger partial charge in [-0.2, -0.15) is 0 Å². The van der Waals surface area contributed by atoms with E-state index >= 15 is 0 Å². The molecular weight excluding hydrogens is 338 g/mol. The number of amides is 1. The fraction of sp³-hybridized carbons (Fsp3) is 0.667. The summed E-state index contributed by atoms with van der Waals surface area (Å²) in [4.78, 5) is 26.6. The maximum atomic E-state index is 12.9. The number of imidazole rings is 1. The topological polar surface area (TPSA) is 54.3 Å². The average molecular weight is 367 g/mol. The fourth-order valence-corrected chi connectivity index (χ4v) is 5.16. The van der Waals surface area contributed by atoms with Crippen molar-refractivity contribution in [2.75, 3.05) is 19.6 Å². The van der Waals surface area contributed by atoms with Gasteiger partial charge in [0.25, 0.3) is 5.91 Å². The van der Waals surface area contributed by atoms with Gasteiger partial charge in [-0.05, 0) is 45.2 Å². The predicted octanol–water partition coefficient (Wildman–Crippen LogP) is 3.25. The maximum absolute atomic E-state index is 12.9. The van der Waals surface area contributed by atoms with Crippen molar-refractivity contribution in [1.82, 2.24) is 24.3 Å². The lowest BCUT2D eigenvalue weighted by Crippen LogP contribution is -2.63. The van der Waals surface area contributed by atoms with Crippen molar-refractivity contribution < 1.29 is 4.79 Å². The Bertz CT molecular complexity index is 834. The lowest BCUT2D eigenvalue weighted by atomic mass is 9.97. The Balaban J connectivity index is 1.27. The summed E-state index contributed by atoms with van der Waals surface area (Å²) in [5.41, 5.74) is 2.43. The molecule has 5 rings (SSSR count). The lowest BCUT2D eigenvalue weighted by molar-refractivity contribution is 0.00211. The molecule has 0 spiro atoms. The quantitative estimate of drug-likeness (QED) is 0.836. The molecule has 0 radical (unpaired) electrons. The van der Waals surface area contributed by atoms with Crippen LogP contribution in [0, 0.1) is 0 Å². The minimum absolute atomic E-state index is 0.0979. The van der Waals surface area contributed by atoms with Crippen molar-refractivity contribution in [2.45, 2.75) is 70.0 Å². The Morgan fingerprint density at radius 1 is 1.04 bits per heavy atom. The highest BCUT2D eigenvalue weighted by atomic mass is 16.2. The number of hydrogen-bond donors (Lipinski definition) is 0. The molecule has 3 aliphatic rings. The number of hydrogen-bond acceptors (Lipinski definition) is 4. The van der Waals surface area contributed by atoms with Crippen LogP contribution in [-0.4, -0.2) is 62.0 Å². The van der Waals surface area contributed by atoms with Gasteiger partial charge in [-0.25, -0.2) is 9.97 Å². The second-order valence-corrected chi connectivity index (χ2v) is 8.60. The summed E-state index contributed by atoms with van der Waals surface area (Å²) in [6.45, 7) is 5.19. The first kappa shape index (κ1) is 17.2. The third-order valence-corrected chi connectivity index (χ3v) is 6.85. The Labute approximate surface area is 160 Å². The summed E-state index contributed by atoms with van der Waals surface area (Å²) in [7, 11) is 0. The van der Waals surface area contributed by atoms with Crippen LogP contribution in [-0.2, 0) is 0 Å². The molecule has 1 unspecified atom stereocenters. The van der Waals surface area contributed by atoms with E-state index in [-0.39, 0.29) is 5.91 Å². The van der Waals surface area contributed by atoms with Gasteiger partial charge in [0.1, 0.15) is 5.52 Å². The van der Waals surface area contributed by atoms with Gasteiger partial charge in [0.15, 0.2) is 5.65 Å². The summed E-state index contributed by atoms with van der Waals surface area (Å²) in [5, 5.41) is 0. The molecule has 27 heavy (non-hydrogen) atoms. The highest BCUT2D eigenvalue weighted by Gasteiger charge is 2.37. The molecule has 3 fully saturated rings. The van der Waals surface area contributed by atoms with Crippen LogP contribution in [0.15, 0.2) is 18.6 Å². The number of carbonyl (C=O) groups is 1. The minimum atomic E-state index is 0.0979. The maximum Gasteiger partial charge on any atom is 0.255 e. The van der Waals surface area contributed by atoms with E-state index in [1.165, 1.54) is 51.5 Å². The number of pyridine rings is 1. The third kappa shape index (κ3) is 3.04. The van der Waals surface area contributed by atoms with Crippen molar-refractivity contribution >= 4 is 17.1 Å². The number of nitrogens with zero attached hydrogens (tertiary/aromatic N) is 5. The van der Waals surface area contributed by atoms with Gasteiger partial charge < -0.3 is 9.47 Å². The molecule has 1 saturated carbocycles. The van der Waals surface area contributed by atoms with E-state index in [1.807, 2.05) is 17.3 Å². The van der Waals surface area contributed by atoms with Crippen LogP contribution >= 0.6 is 0 Å². The van der Waals surface area contributed by atoms with Crippen molar-refractivity contribution in [3.8, 4) is 0 Å². The van der Waals surface area contributed by atoms with E-state index in [1.54, 1.807) is 6.20 Å². The molecule has 2 aromatic heterocycles. The molecule has 0 aromatic carbocycles.